The van der Waals surface area contributed by atoms with E-state index < -0.39 is 0 Å². The molecule has 1 rings (SSSR count). The van der Waals surface area contributed by atoms with Crippen molar-refractivity contribution in [2.45, 2.75) is 38.8 Å². The molecule has 0 spiro atoms. The largest absolute Gasteiger partial charge is 0.377 e. The Hall–Kier alpha value is -0.940. The second-order valence-corrected chi connectivity index (χ2v) is 3.36. The van der Waals surface area contributed by atoms with Gasteiger partial charge >= 0.3 is 0 Å². The maximum absolute atomic E-state index is 5.80. The van der Waals surface area contributed by atoms with E-state index in [0.717, 1.165) is 6.42 Å². The van der Waals surface area contributed by atoms with Crippen LogP contribution in [0, 0.1) is 0 Å². The molecule has 0 aliphatic heterocycles. The Bertz CT molecular complexity index is 273. The quantitative estimate of drug-likeness (QED) is 0.767. The first-order valence-corrected chi connectivity index (χ1v) is 4.76. The lowest BCUT2D eigenvalue weighted by Gasteiger charge is -2.13. The summed E-state index contributed by atoms with van der Waals surface area (Å²) in [5, 5.41) is 3.79. The summed E-state index contributed by atoms with van der Waals surface area (Å²) < 4.78 is 10.0. The average molecular weight is 199 g/mol. The molecule has 2 atom stereocenters. The monoisotopic (exact) mass is 199 g/mol. The summed E-state index contributed by atoms with van der Waals surface area (Å²) in [5.74, 6) is 1.31. The van der Waals surface area contributed by atoms with E-state index in [1.54, 1.807) is 7.11 Å². The highest BCUT2D eigenvalue weighted by atomic mass is 16.5. The zero-order valence-electron chi connectivity index (χ0n) is 8.86. The normalized spacial score (nSPS) is 15.4. The highest BCUT2D eigenvalue weighted by Crippen LogP contribution is 2.20. The van der Waals surface area contributed by atoms with Crippen molar-refractivity contribution >= 4 is 0 Å². The smallest absolute Gasteiger partial charge is 0.231 e. The van der Waals surface area contributed by atoms with Crippen molar-refractivity contribution in [1.82, 2.24) is 10.1 Å². The molecule has 14 heavy (non-hydrogen) atoms. The Morgan fingerprint density at radius 1 is 1.57 bits per heavy atom. The Morgan fingerprint density at radius 3 is 2.79 bits per heavy atom. The third-order valence-electron chi connectivity index (χ3n) is 2.15. The molecule has 1 heterocycles. The molecule has 0 aliphatic rings. The summed E-state index contributed by atoms with van der Waals surface area (Å²) in [6, 6.07) is 0.0239. The summed E-state index contributed by atoms with van der Waals surface area (Å²) in [5.41, 5.74) is 5.80. The minimum atomic E-state index is 0.0239. The van der Waals surface area contributed by atoms with Crippen LogP contribution in [0.5, 0.6) is 0 Å². The minimum absolute atomic E-state index is 0.0239. The van der Waals surface area contributed by atoms with Crippen LogP contribution in [0.25, 0.3) is 0 Å². The fourth-order valence-electron chi connectivity index (χ4n) is 1.38. The lowest BCUT2D eigenvalue weighted by Crippen LogP contribution is -2.24. The van der Waals surface area contributed by atoms with Gasteiger partial charge in [-0.2, -0.15) is 4.98 Å². The molecule has 0 fully saturated rings. The van der Waals surface area contributed by atoms with Crippen LogP contribution in [0.4, 0.5) is 0 Å². The summed E-state index contributed by atoms with van der Waals surface area (Å²) in [6.07, 6.45) is 0.895. The highest BCUT2D eigenvalue weighted by molar-refractivity contribution is 4.96. The lowest BCUT2D eigenvalue weighted by atomic mass is 9.99. The topological polar surface area (TPSA) is 74.2 Å². The molecule has 0 amide bonds. The standard InChI is InChI=1S/C9H17N3O2/c1-4-7(6(2)10)9-11-8(5-13-3)12-14-9/h6-7H,4-5,10H2,1-3H3. The van der Waals surface area contributed by atoms with Gasteiger partial charge < -0.3 is 15.0 Å². The molecular formula is C9H17N3O2. The van der Waals surface area contributed by atoms with Crippen molar-refractivity contribution in [2.24, 2.45) is 5.73 Å². The molecule has 80 valence electrons. The van der Waals surface area contributed by atoms with E-state index in [9.17, 15) is 0 Å². The fourth-order valence-corrected chi connectivity index (χ4v) is 1.38. The second-order valence-electron chi connectivity index (χ2n) is 3.36. The fraction of sp³-hybridized carbons (Fsp3) is 0.778. The zero-order valence-corrected chi connectivity index (χ0v) is 8.86. The highest BCUT2D eigenvalue weighted by Gasteiger charge is 2.20. The van der Waals surface area contributed by atoms with E-state index in [4.69, 9.17) is 15.0 Å². The predicted octanol–water partition coefficient (Wildman–Crippen LogP) is 1.06. The van der Waals surface area contributed by atoms with Gasteiger partial charge in [0, 0.05) is 13.2 Å². The van der Waals surface area contributed by atoms with Crippen molar-refractivity contribution in [1.29, 1.82) is 0 Å². The first-order valence-electron chi connectivity index (χ1n) is 4.76. The van der Waals surface area contributed by atoms with Crippen molar-refractivity contribution in [3.8, 4) is 0 Å². The SMILES string of the molecule is CCC(c1nc(COC)no1)C(C)N. The van der Waals surface area contributed by atoms with Crippen molar-refractivity contribution in [3.05, 3.63) is 11.7 Å². The maximum atomic E-state index is 5.80. The van der Waals surface area contributed by atoms with Crippen LogP contribution in [0.15, 0.2) is 4.52 Å². The van der Waals surface area contributed by atoms with Gasteiger partial charge in [-0.25, -0.2) is 0 Å². The number of nitrogens with zero attached hydrogens (tertiary/aromatic N) is 2. The van der Waals surface area contributed by atoms with E-state index in [2.05, 4.69) is 10.1 Å². The van der Waals surface area contributed by atoms with E-state index in [0.29, 0.717) is 18.3 Å². The van der Waals surface area contributed by atoms with E-state index in [1.807, 2.05) is 13.8 Å². The molecule has 5 heteroatoms. The van der Waals surface area contributed by atoms with Crippen molar-refractivity contribution in [3.63, 3.8) is 0 Å². The van der Waals surface area contributed by atoms with Gasteiger partial charge in [0.05, 0.1) is 5.92 Å². The Labute approximate surface area is 83.6 Å². The average Bonchev–Trinajstić information content (AvgIpc) is 2.54. The van der Waals surface area contributed by atoms with Gasteiger partial charge in [-0.3, -0.25) is 0 Å². The number of methoxy groups -OCH3 is 1. The number of ether oxygens (including phenoxy) is 1. The summed E-state index contributed by atoms with van der Waals surface area (Å²) >= 11 is 0. The first-order chi connectivity index (χ1) is 6.69. The van der Waals surface area contributed by atoms with Crippen LogP contribution in [0.2, 0.25) is 0 Å². The second kappa shape index (κ2) is 5.07. The Balaban J connectivity index is 2.73. The lowest BCUT2D eigenvalue weighted by molar-refractivity contribution is 0.174. The molecule has 2 unspecified atom stereocenters. The summed E-state index contributed by atoms with van der Waals surface area (Å²) in [6.45, 7) is 4.36. The Kier molecular flexibility index (Phi) is 4.03. The number of hydrogen-bond donors (Lipinski definition) is 1. The molecule has 1 aromatic heterocycles. The molecule has 0 saturated heterocycles. The number of aromatic nitrogens is 2. The molecule has 0 aliphatic carbocycles. The van der Waals surface area contributed by atoms with Crippen LogP contribution in [0.1, 0.15) is 37.9 Å². The van der Waals surface area contributed by atoms with Crippen LogP contribution in [-0.4, -0.2) is 23.3 Å². The Morgan fingerprint density at radius 2 is 2.29 bits per heavy atom. The summed E-state index contributed by atoms with van der Waals surface area (Å²) in [4.78, 5) is 4.21. The van der Waals surface area contributed by atoms with Crippen LogP contribution < -0.4 is 5.73 Å². The number of nitrogens with two attached hydrogens (primary N) is 1. The number of hydrogen-bond acceptors (Lipinski definition) is 5. The molecule has 0 bridgehead atoms. The van der Waals surface area contributed by atoms with E-state index in [1.165, 1.54) is 0 Å². The maximum Gasteiger partial charge on any atom is 0.231 e. The molecule has 0 radical (unpaired) electrons. The first kappa shape index (κ1) is 11.1. The van der Waals surface area contributed by atoms with Gasteiger partial charge in [0.15, 0.2) is 5.82 Å². The van der Waals surface area contributed by atoms with Crippen LogP contribution in [-0.2, 0) is 11.3 Å². The van der Waals surface area contributed by atoms with Gasteiger partial charge in [0.25, 0.3) is 0 Å². The van der Waals surface area contributed by atoms with Gasteiger partial charge in [-0.05, 0) is 13.3 Å². The minimum Gasteiger partial charge on any atom is -0.377 e. The van der Waals surface area contributed by atoms with E-state index in [-0.39, 0.29) is 12.0 Å². The molecule has 1 aromatic rings. The molecule has 2 N–H and O–H groups in total. The van der Waals surface area contributed by atoms with Gasteiger partial charge in [-0.15, -0.1) is 0 Å². The number of rotatable bonds is 5. The zero-order chi connectivity index (χ0) is 10.6. The van der Waals surface area contributed by atoms with E-state index >= 15 is 0 Å². The summed E-state index contributed by atoms with van der Waals surface area (Å²) in [7, 11) is 1.60. The molecule has 0 aromatic carbocycles. The van der Waals surface area contributed by atoms with Gasteiger partial charge in [0.1, 0.15) is 6.61 Å². The van der Waals surface area contributed by atoms with Gasteiger partial charge in [-0.1, -0.05) is 12.1 Å². The molecular weight excluding hydrogens is 182 g/mol. The molecule has 5 nitrogen and oxygen atoms in total. The van der Waals surface area contributed by atoms with Crippen molar-refractivity contribution < 1.29 is 9.26 Å². The predicted molar refractivity (Wildman–Crippen MR) is 51.7 cm³/mol. The van der Waals surface area contributed by atoms with Crippen LogP contribution in [0.3, 0.4) is 0 Å². The van der Waals surface area contributed by atoms with Gasteiger partial charge in [0.2, 0.25) is 5.89 Å². The third-order valence-corrected chi connectivity index (χ3v) is 2.15. The van der Waals surface area contributed by atoms with Crippen LogP contribution >= 0.6 is 0 Å². The van der Waals surface area contributed by atoms with Crippen molar-refractivity contribution in [2.75, 3.05) is 7.11 Å². The molecule has 0 saturated carbocycles. The third kappa shape index (κ3) is 2.52.